The van der Waals surface area contributed by atoms with Gasteiger partial charge in [-0.1, -0.05) is 23.7 Å². The van der Waals surface area contributed by atoms with Crippen LogP contribution in [-0.2, 0) is 11.3 Å². The van der Waals surface area contributed by atoms with Gasteiger partial charge in [0.25, 0.3) is 5.56 Å². The van der Waals surface area contributed by atoms with Crippen LogP contribution in [0.5, 0.6) is 0 Å². The summed E-state index contributed by atoms with van der Waals surface area (Å²) in [6.07, 6.45) is 3.77. The van der Waals surface area contributed by atoms with Gasteiger partial charge in [-0.3, -0.25) is 14.2 Å². The van der Waals surface area contributed by atoms with E-state index in [1.54, 1.807) is 12.1 Å². The minimum Gasteiger partial charge on any atom is -0.352 e. The second-order valence-electron chi connectivity index (χ2n) is 6.71. The molecule has 1 aliphatic rings. The highest BCUT2D eigenvalue weighted by molar-refractivity contribution is 7.17. The molecule has 5 nitrogen and oxygen atoms in total. The molecule has 1 aromatic carbocycles. The molecule has 26 heavy (non-hydrogen) atoms. The lowest BCUT2D eigenvalue weighted by Crippen LogP contribution is -2.38. The molecule has 1 fully saturated rings. The number of carbonyl (C=O) groups is 1. The SMILES string of the molecule is C[C@@H](NC(=O)Cn1cnc2scc(-c3ccc(Cl)cc3)c2c1=O)C1CC1. The Morgan fingerprint density at radius 3 is 2.81 bits per heavy atom. The fraction of sp³-hybridized carbons (Fsp3) is 0.316. The molecule has 1 amide bonds. The van der Waals surface area contributed by atoms with E-state index in [4.69, 9.17) is 11.6 Å². The highest BCUT2D eigenvalue weighted by Gasteiger charge is 2.29. The minimum atomic E-state index is -0.199. The third-order valence-electron chi connectivity index (χ3n) is 4.75. The van der Waals surface area contributed by atoms with Crippen LogP contribution in [0.1, 0.15) is 19.8 Å². The van der Waals surface area contributed by atoms with E-state index in [9.17, 15) is 9.59 Å². The van der Waals surface area contributed by atoms with Gasteiger partial charge in [0.15, 0.2) is 0 Å². The normalized spacial score (nSPS) is 15.2. The number of rotatable bonds is 5. The molecule has 3 aromatic rings. The van der Waals surface area contributed by atoms with Crippen molar-refractivity contribution in [3.8, 4) is 11.1 Å². The lowest BCUT2D eigenvalue weighted by molar-refractivity contribution is -0.122. The molecular weight excluding hydrogens is 370 g/mol. The van der Waals surface area contributed by atoms with E-state index in [1.807, 2.05) is 24.4 Å². The Kier molecular flexibility index (Phi) is 4.54. The maximum Gasteiger partial charge on any atom is 0.263 e. The van der Waals surface area contributed by atoms with Gasteiger partial charge in [0.1, 0.15) is 11.4 Å². The number of nitrogens with zero attached hydrogens (tertiary/aromatic N) is 2. The van der Waals surface area contributed by atoms with Crippen LogP contribution >= 0.6 is 22.9 Å². The molecule has 2 heterocycles. The zero-order valence-corrected chi connectivity index (χ0v) is 15.8. The van der Waals surface area contributed by atoms with Gasteiger partial charge >= 0.3 is 0 Å². The third-order valence-corrected chi connectivity index (χ3v) is 5.89. The number of carbonyl (C=O) groups excluding carboxylic acids is 1. The van der Waals surface area contributed by atoms with Crippen molar-refractivity contribution in [2.75, 3.05) is 0 Å². The standard InChI is InChI=1S/C19H18ClN3O2S/c1-11(12-2-3-12)22-16(24)8-23-10-21-18-17(19(23)25)15(9-26-18)13-4-6-14(20)7-5-13/h4-7,9-12H,2-3,8H2,1H3,(H,22,24)/t11-/m1/s1. The van der Waals surface area contributed by atoms with Gasteiger partial charge in [-0.2, -0.15) is 0 Å². The Labute approximate surface area is 159 Å². The first-order valence-electron chi connectivity index (χ1n) is 8.55. The summed E-state index contributed by atoms with van der Waals surface area (Å²) >= 11 is 7.37. The molecule has 0 spiro atoms. The quantitative estimate of drug-likeness (QED) is 0.726. The van der Waals surface area contributed by atoms with Crippen molar-refractivity contribution in [2.24, 2.45) is 5.92 Å². The van der Waals surface area contributed by atoms with E-state index in [2.05, 4.69) is 10.3 Å². The Morgan fingerprint density at radius 2 is 2.12 bits per heavy atom. The summed E-state index contributed by atoms with van der Waals surface area (Å²) in [4.78, 5) is 30.2. The van der Waals surface area contributed by atoms with E-state index in [-0.39, 0.29) is 24.1 Å². The molecule has 0 unspecified atom stereocenters. The number of nitrogens with one attached hydrogen (secondary N) is 1. The first-order chi connectivity index (χ1) is 12.5. The van der Waals surface area contributed by atoms with Crippen LogP contribution in [0, 0.1) is 5.92 Å². The molecule has 1 aliphatic carbocycles. The van der Waals surface area contributed by atoms with Gasteiger partial charge < -0.3 is 5.32 Å². The van der Waals surface area contributed by atoms with Gasteiger partial charge in [0.05, 0.1) is 11.7 Å². The summed E-state index contributed by atoms with van der Waals surface area (Å²) < 4.78 is 1.38. The van der Waals surface area contributed by atoms with Gasteiger partial charge in [-0.05, 0) is 43.4 Å². The number of aromatic nitrogens is 2. The molecule has 1 saturated carbocycles. The topological polar surface area (TPSA) is 64.0 Å². The summed E-state index contributed by atoms with van der Waals surface area (Å²) in [7, 11) is 0. The number of amides is 1. The fourth-order valence-corrected chi connectivity index (χ4v) is 4.12. The Hall–Kier alpha value is -2.18. The second-order valence-corrected chi connectivity index (χ2v) is 8.00. The molecule has 1 N–H and O–H groups in total. The lowest BCUT2D eigenvalue weighted by Gasteiger charge is -2.13. The largest absolute Gasteiger partial charge is 0.352 e. The number of hydrogen-bond donors (Lipinski definition) is 1. The fourth-order valence-electron chi connectivity index (χ4n) is 3.09. The van der Waals surface area contributed by atoms with Crippen LogP contribution in [0.3, 0.4) is 0 Å². The number of fused-ring (bicyclic) bond motifs is 1. The maximum absolute atomic E-state index is 12.9. The molecule has 0 bridgehead atoms. The molecule has 134 valence electrons. The monoisotopic (exact) mass is 387 g/mol. The molecule has 0 radical (unpaired) electrons. The van der Waals surface area contributed by atoms with Crippen LogP contribution in [0.4, 0.5) is 0 Å². The second kappa shape index (κ2) is 6.85. The minimum absolute atomic E-state index is 0.0191. The van der Waals surface area contributed by atoms with Crippen molar-refractivity contribution in [3.63, 3.8) is 0 Å². The first-order valence-corrected chi connectivity index (χ1v) is 9.80. The van der Waals surface area contributed by atoms with Gasteiger partial charge in [0, 0.05) is 22.0 Å². The van der Waals surface area contributed by atoms with E-state index in [0.717, 1.165) is 24.0 Å². The van der Waals surface area contributed by atoms with Crippen LogP contribution in [0.2, 0.25) is 5.02 Å². The predicted octanol–water partition coefficient (Wildman–Crippen LogP) is 3.69. The summed E-state index contributed by atoms with van der Waals surface area (Å²) in [5, 5.41) is 6.08. The van der Waals surface area contributed by atoms with Crippen molar-refractivity contribution in [2.45, 2.75) is 32.4 Å². The highest BCUT2D eigenvalue weighted by atomic mass is 35.5. The van der Waals surface area contributed by atoms with Crippen molar-refractivity contribution in [1.82, 2.24) is 14.9 Å². The Morgan fingerprint density at radius 1 is 1.38 bits per heavy atom. The summed E-state index contributed by atoms with van der Waals surface area (Å²) in [5.41, 5.74) is 1.53. The summed E-state index contributed by atoms with van der Waals surface area (Å²) in [6, 6.07) is 7.50. The third kappa shape index (κ3) is 3.39. The molecule has 1 atom stereocenters. The highest BCUT2D eigenvalue weighted by Crippen LogP contribution is 2.32. The average molecular weight is 388 g/mol. The van der Waals surface area contributed by atoms with Crippen molar-refractivity contribution in [3.05, 3.63) is 51.3 Å². The van der Waals surface area contributed by atoms with Crippen molar-refractivity contribution in [1.29, 1.82) is 0 Å². The molecule has 0 aliphatic heterocycles. The predicted molar refractivity (Wildman–Crippen MR) is 105 cm³/mol. The first kappa shape index (κ1) is 17.2. The molecule has 7 heteroatoms. The zero-order chi connectivity index (χ0) is 18.3. The smallest absolute Gasteiger partial charge is 0.263 e. The molecule has 0 saturated heterocycles. The van der Waals surface area contributed by atoms with Crippen LogP contribution in [0.25, 0.3) is 21.3 Å². The van der Waals surface area contributed by atoms with Gasteiger partial charge in [0.2, 0.25) is 5.91 Å². The Bertz CT molecular complexity index is 1020. The van der Waals surface area contributed by atoms with Crippen LogP contribution in [0.15, 0.2) is 40.8 Å². The van der Waals surface area contributed by atoms with E-state index >= 15 is 0 Å². The van der Waals surface area contributed by atoms with E-state index in [0.29, 0.717) is 21.2 Å². The lowest BCUT2D eigenvalue weighted by atomic mass is 10.1. The van der Waals surface area contributed by atoms with Crippen LogP contribution in [-0.4, -0.2) is 21.5 Å². The van der Waals surface area contributed by atoms with Crippen molar-refractivity contribution < 1.29 is 4.79 Å². The maximum atomic E-state index is 12.9. The summed E-state index contributed by atoms with van der Waals surface area (Å²) in [5.74, 6) is 0.417. The number of hydrogen-bond acceptors (Lipinski definition) is 4. The van der Waals surface area contributed by atoms with E-state index < -0.39 is 0 Å². The summed E-state index contributed by atoms with van der Waals surface area (Å²) in [6.45, 7) is 1.99. The van der Waals surface area contributed by atoms with Crippen LogP contribution < -0.4 is 10.9 Å². The number of halogens is 1. The number of benzene rings is 1. The molecule has 4 rings (SSSR count). The zero-order valence-electron chi connectivity index (χ0n) is 14.2. The van der Waals surface area contributed by atoms with Gasteiger partial charge in [-0.15, -0.1) is 11.3 Å². The molecular formula is C19H18ClN3O2S. The number of thiophene rings is 1. The Balaban J connectivity index is 1.65. The molecule has 2 aromatic heterocycles. The average Bonchev–Trinajstić information content (AvgIpc) is 3.38. The van der Waals surface area contributed by atoms with E-state index in [1.165, 1.54) is 22.2 Å². The van der Waals surface area contributed by atoms with Gasteiger partial charge in [-0.25, -0.2) is 4.98 Å². The van der Waals surface area contributed by atoms with Crippen molar-refractivity contribution >= 4 is 39.1 Å².